The van der Waals surface area contributed by atoms with Crippen LogP contribution < -0.4 is 9.47 Å². The summed E-state index contributed by atoms with van der Waals surface area (Å²) in [6.45, 7) is 15.8. The zero-order valence-electron chi connectivity index (χ0n) is 17.3. The first-order valence-electron chi connectivity index (χ1n) is 9.23. The van der Waals surface area contributed by atoms with Crippen LogP contribution in [0.15, 0.2) is 29.8 Å². The topological polar surface area (TPSA) is 40.0 Å². The molecular weight excluding hydrogens is 342 g/mol. The van der Waals surface area contributed by atoms with E-state index >= 15 is 0 Å². The van der Waals surface area contributed by atoms with Gasteiger partial charge in [-0.1, -0.05) is 26.8 Å². The van der Waals surface area contributed by atoms with Crippen molar-refractivity contribution in [3.05, 3.63) is 35.9 Å². The van der Waals surface area contributed by atoms with Crippen LogP contribution in [0.3, 0.4) is 0 Å². The Morgan fingerprint density at radius 2 is 1.81 bits per heavy atom. The summed E-state index contributed by atoms with van der Waals surface area (Å²) in [5, 5.41) is 0.149. The number of allylic oxidation sites excluding steroid dienone is 1. The van der Waals surface area contributed by atoms with E-state index in [0.29, 0.717) is 6.54 Å². The summed E-state index contributed by atoms with van der Waals surface area (Å²) in [4.78, 5) is 4.86. The maximum atomic E-state index is 6.71. The Labute approximate surface area is 159 Å². The molecular formula is C21H33NO3Si. The number of rotatable bonds is 7. The number of benzene rings is 1. The van der Waals surface area contributed by atoms with Crippen molar-refractivity contribution >= 4 is 14.0 Å². The largest absolute Gasteiger partial charge is 0.493 e. The van der Waals surface area contributed by atoms with Crippen molar-refractivity contribution in [3.63, 3.8) is 0 Å². The van der Waals surface area contributed by atoms with Crippen molar-refractivity contribution in [3.8, 4) is 11.5 Å². The third-order valence-corrected chi connectivity index (χ3v) is 9.98. The van der Waals surface area contributed by atoms with Gasteiger partial charge < -0.3 is 13.9 Å². The van der Waals surface area contributed by atoms with Crippen LogP contribution in [0.25, 0.3) is 0 Å². The van der Waals surface area contributed by atoms with Gasteiger partial charge in [-0.3, -0.25) is 4.99 Å². The Morgan fingerprint density at radius 3 is 2.35 bits per heavy atom. The molecule has 144 valence electrons. The summed E-state index contributed by atoms with van der Waals surface area (Å²) in [6, 6.07) is 4.10. The minimum absolute atomic E-state index is 0.0434. The fourth-order valence-corrected chi connectivity index (χ4v) is 4.14. The summed E-state index contributed by atoms with van der Waals surface area (Å²) < 4.78 is 17.8. The average molecular weight is 376 g/mol. The summed E-state index contributed by atoms with van der Waals surface area (Å²) in [5.74, 6) is 1.46. The molecule has 0 amide bonds. The SMILES string of the molecule is C=CCCC1=NCC(O[Si](C)(C)C(C)(C)C)c2cc(OC)c(OC)cc21. The molecule has 1 atom stereocenters. The first-order chi connectivity index (χ1) is 12.1. The van der Waals surface area contributed by atoms with Crippen LogP contribution >= 0.6 is 0 Å². The van der Waals surface area contributed by atoms with Crippen LogP contribution in [0.4, 0.5) is 0 Å². The lowest BCUT2D eigenvalue weighted by atomic mass is 9.92. The fourth-order valence-electron chi connectivity index (χ4n) is 2.87. The molecule has 1 aliphatic heterocycles. The van der Waals surface area contributed by atoms with E-state index in [1.165, 1.54) is 0 Å². The van der Waals surface area contributed by atoms with Crippen LogP contribution in [0.2, 0.25) is 18.1 Å². The number of hydrogen-bond donors (Lipinski definition) is 0. The zero-order chi connectivity index (χ0) is 19.5. The molecule has 0 saturated carbocycles. The molecule has 2 rings (SSSR count). The Bertz CT molecular complexity index is 689. The molecule has 0 radical (unpaired) electrons. The van der Waals surface area contributed by atoms with E-state index < -0.39 is 8.32 Å². The van der Waals surface area contributed by atoms with E-state index in [2.05, 4.69) is 46.5 Å². The molecule has 0 saturated heterocycles. The third-order valence-electron chi connectivity index (χ3n) is 5.49. The molecule has 0 bridgehead atoms. The second-order valence-electron chi connectivity index (χ2n) is 8.28. The lowest BCUT2D eigenvalue weighted by molar-refractivity contribution is 0.189. The number of fused-ring (bicyclic) bond motifs is 1. The van der Waals surface area contributed by atoms with Crippen LogP contribution in [0, 0.1) is 0 Å². The second-order valence-corrected chi connectivity index (χ2v) is 13.0. The van der Waals surface area contributed by atoms with E-state index in [9.17, 15) is 0 Å². The van der Waals surface area contributed by atoms with Gasteiger partial charge in [0.2, 0.25) is 0 Å². The highest BCUT2D eigenvalue weighted by Gasteiger charge is 2.40. The Hall–Kier alpha value is -1.59. The average Bonchev–Trinajstić information content (AvgIpc) is 2.58. The second kappa shape index (κ2) is 7.97. The predicted octanol–water partition coefficient (Wildman–Crippen LogP) is 5.54. The van der Waals surface area contributed by atoms with Crippen LogP contribution in [0.1, 0.15) is 50.8 Å². The van der Waals surface area contributed by atoms with Crippen LogP contribution in [-0.4, -0.2) is 34.8 Å². The maximum absolute atomic E-state index is 6.71. The van der Waals surface area contributed by atoms with Crippen molar-refractivity contribution in [2.75, 3.05) is 20.8 Å². The van der Waals surface area contributed by atoms with Gasteiger partial charge in [-0.2, -0.15) is 0 Å². The molecule has 0 aromatic heterocycles. The number of ether oxygens (including phenoxy) is 2. The summed E-state index contributed by atoms with van der Waals surface area (Å²) in [7, 11) is 1.42. The normalized spacial score (nSPS) is 17.3. The van der Waals surface area contributed by atoms with Crippen molar-refractivity contribution in [2.45, 2.75) is 57.8 Å². The van der Waals surface area contributed by atoms with Gasteiger partial charge in [0.1, 0.15) is 0 Å². The Kier molecular flexibility index (Phi) is 6.35. The summed E-state index contributed by atoms with van der Waals surface area (Å²) in [5.41, 5.74) is 3.36. The molecule has 1 unspecified atom stereocenters. The first-order valence-corrected chi connectivity index (χ1v) is 12.1. The van der Waals surface area contributed by atoms with Gasteiger partial charge in [-0.05, 0) is 48.7 Å². The summed E-state index contributed by atoms with van der Waals surface area (Å²) >= 11 is 0. The van der Waals surface area contributed by atoms with Crippen LogP contribution in [-0.2, 0) is 4.43 Å². The van der Waals surface area contributed by atoms with Crippen molar-refractivity contribution in [2.24, 2.45) is 4.99 Å². The smallest absolute Gasteiger partial charge is 0.193 e. The van der Waals surface area contributed by atoms with Crippen molar-refractivity contribution < 1.29 is 13.9 Å². The number of methoxy groups -OCH3 is 2. The first kappa shape index (κ1) is 20.7. The molecule has 0 N–H and O–H groups in total. The molecule has 0 aliphatic carbocycles. The van der Waals surface area contributed by atoms with Gasteiger partial charge in [0.25, 0.3) is 0 Å². The standard InChI is InChI=1S/C21H33NO3Si/c1-9-10-11-17-15-12-18(23-5)19(24-6)13-16(15)20(14-22-17)25-26(7,8)21(2,3)4/h9,12-13,20H,1,10-11,14H2,2-8H3. The Morgan fingerprint density at radius 1 is 1.19 bits per heavy atom. The van der Waals surface area contributed by atoms with Crippen LogP contribution in [0.5, 0.6) is 11.5 Å². The predicted molar refractivity (Wildman–Crippen MR) is 111 cm³/mol. The lowest BCUT2D eigenvalue weighted by Crippen LogP contribution is -2.43. The Balaban J connectivity index is 2.48. The number of aliphatic imine (C=N–C) groups is 1. The monoisotopic (exact) mass is 375 g/mol. The van der Waals surface area contributed by atoms with E-state index in [0.717, 1.165) is 41.2 Å². The van der Waals surface area contributed by atoms with Gasteiger partial charge in [-0.15, -0.1) is 6.58 Å². The van der Waals surface area contributed by atoms with Gasteiger partial charge in [-0.25, -0.2) is 0 Å². The number of nitrogens with zero attached hydrogens (tertiary/aromatic N) is 1. The minimum Gasteiger partial charge on any atom is -0.493 e. The van der Waals surface area contributed by atoms with Gasteiger partial charge in [0.05, 0.1) is 26.9 Å². The fraction of sp³-hybridized carbons (Fsp3) is 0.571. The van der Waals surface area contributed by atoms with E-state index in [1.807, 2.05) is 12.1 Å². The van der Waals surface area contributed by atoms with Gasteiger partial charge in [0, 0.05) is 11.3 Å². The molecule has 1 aliphatic rings. The molecule has 4 nitrogen and oxygen atoms in total. The molecule has 5 heteroatoms. The number of hydrogen-bond acceptors (Lipinski definition) is 4. The molecule has 0 spiro atoms. The minimum atomic E-state index is -1.92. The quantitative estimate of drug-likeness (QED) is 0.464. The zero-order valence-corrected chi connectivity index (χ0v) is 18.3. The van der Waals surface area contributed by atoms with Gasteiger partial charge >= 0.3 is 0 Å². The summed E-state index contributed by atoms with van der Waals surface area (Å²) in [6.07, 6.45) is 3.67. The van der Waals surface area contributed by atoms with Crippen molar-refractivity contribution in [1.82, 2.24) is 0 Å². The highest BCUT2D eigenvalue weighted by atomic mass is 28.4. The molecule has 1 heterocycles. The molecule has 1 aromatic carbocycles. The molecule has 26 heavy (non-hydrogen) atoms. The van der Waals surface area contributed by atoms with E-state index in [1.54, 1.807) is 14.2 Å². The highest BCUT2D eigenvalue weighted by molar-refractivity contribution is 6.74. The lowest BCUT2D eigenvalue weighted by Gasteiger charge is -2.40. The third kappa shape index (κ3) is 4.21. The van der Waals surface area contributed by atoms with E-state index in [4.69, 9.17) is 18.9 Å². The van der Waals surface area contributed by atoms with E-state index in [-0.39, 0.29) is 11.1 Å². The maximum Gasteiger partial charge on any atom is 0.193 e. The molecule has 0 fully saturated rings. The van der Waals surface area contributed by atoms with Gasteiger partial charge in [0.15, 0.2) is 19.8 Å². The van der Waals surface area contributed by atoms with Crippen molar-refractivity contribution in [1.29, 1.82) is 0 Å². The highest BCUT2D eigenvalue weighted by Crippen LogP contribution is 2.43. The molecule has 1 aromatic rings.